The third kappa shape index (κ3) is 15.2. The molecule has 38 heteroatoms. The van der Waals surface area contributed by atoms with E-state index in [1.54, 1.807) is 0 Å². The molecular weight excluding hydrogens is 1190 g/mol. The maximum Gasteiger partial charge on any atom is 0.307 e. The molecule has 21 rings (SSSR count). The Kier molecular flexibility index (Phi) is 26.1. The number of aliphatic hydroxyl groups excluding tert-OH is 20. The molecule has 21 saturated heterocycles. The van der Waals surface area contributed by atoms with Crippen molar-refractivity contribution in [1.29, 1.82) is 0 Å². The van der Waals surface area contributed by atoms with Crippen LogP contribution in [0.5, 0.6) is 0 Å². The van der Waals surface area contributed by atoms with Gasteiger partial charge in [-0.1, -0.05) is 0 Å². The highest BCUT2D eigenvalue weighted by Crippen LogP contribution is 2.39. The number of rotatable bonds is 12. The Morgan fingerprint density at radius 2 is 0.506 bits per heavy atom. The average Bonchev–Trinajstić information content (AvgIpc) is 3.59. The number of hydrogen-bond acceptors (Lipinski definition) is 36. The molecule has 0 aromatic rings. The Balaban J connectivity index is 0.0000104. The lowest BCUT2D eigenvalue weighted by atomic mass is 9.95. The first-order valence-electron chi connectivity index (χ1n) is 27.4. The fourth-order valence-corrected chi connectivity index (χ4v) is 11.2. The predicted molar refractivity (Wildman–Crippen MR) is 256 cm³/mol. The van der Waals surface area contributed by atoms with Crippen LogP contribution in [0.3, 0.4) is 0 Å². The van der Waals surface area contributed by atoms with E-state index in [0.717, 1.165) is 0 Å². The van der Waals surface area contributed by atoms with Crippen molar-refractivity contribution in [2.45, 2.75) is 228 Å². The van der Waals surface area contributed by atoms with Crippen molar-refractivity contribution < 1.29 is 191 Å². The molecular formula is C47H81ClN2O35. The summed E-state index contributed by atoms with van der Waals surface area (Å²) in [6.07, 6.45) is -69.2. The third-order valence-electron chi connectivity index (χ3n) is 15.9. The summed E-state index contributed by atoms with van der Waals surface area (Å²) in [6, 6.07) is 0. The molecule has 0 spiro atoms. The summed E-state index contributed by atoms with van der Waals surface area (Å²) in [5.74, 6) is -0.190. The van der Waals surface area contributed by atoms with E-state index < -0.39 is 255 Å². The van der Waals surface area contributed by atoms with Gasteiger partial charge >= 0.3 is 5.91 Å². The van der Waals surface area contributed by atoms with Crippen LogP contribution in [0.4, 0.5) is 0 Å². The summed E-state index contributed by atoms with van der Waals surface area (Å²) in [6.45, 7) is -4.64. The van der Waals surface area contributed by atoms with Gasteiger partial charge in [0.05, 0.1) is 53.1 Å². The Bertz CT molecular complexity index is 2030. The van der Waals surface area contributed by atoms with E-state index in [4.69, 9.17) is 66.3 Å². The Morgan fingerprint density at radius 3 is 0.694 bits per heavy atom. The number of amides is 1. The van der Waals surface area contributed by atoms with Crippen molar-refractivity contribution in [2.75, 3.05) is 59.3 Å². The van der Waals surface area contributed by atoms with Crippen LogP contribution in [0, 0.1) is 0 Å². The molecule has 496 valence electrons. The Morgan fingerprint density at radius 1 is 0.318 bits per heavy atom. The topological polar surface area (TPSA) is 580 Å². The van der Waals surface area contributed by atoms with Crippen LogP contribution in [0.2, 0.25) is 0 Å². The van der Waals surface area contributed by atoms with E-state index in [0.29, 0.717) is 13.0 Å². The number of halogens is 1. The summed E-state index contributed by atoms with van der Waals surface area (Å²) in [5.41, 5.74) is 0. The Hall–Kier alpha value is -1.48. The zero-order valence-electron chi connectivity index (χ0n) is 45.3. The minimum absolute atomic E-state index is 0. The van der Waals surface area contributed by atoms with Crippen molar-refractivity contribution >= 4 is 5.91 Å². The van der Waals surface area contributed by atoms with Gasteiger partial charge in [-0.15, -0.1) is 0 Å². The van der Waals surface area contributed by atoms with E-state index >= 15 is 0 Å². The molecule has 37 nitrogen and oxygen atoms in total. The van der Waals surface area contributed by atoms with E-state index in [2.05, 4.69) is 5.32 Å². The van der Waals surface area contributed by atoms with Crippen LogP contribution in [0.1, 0.15) is 13.3 Å². The molecule has 21 aliphatic heterocycles. The van der Waals surface area contributed by atoms with Gasteiger partial charge in [-0.25, -0.2) is 4.79 Å². The van der Waals surface area contributed by atoms with Crippen molar-refractivity contribution in [1.82, 2.24) is 5.32 Å². The zero-order chi connectivity index (χ0) is 61.2. The standard InChI is InChI=1S/C47H80N2O35.ClH/c1-12(56)49-4-2-3-48-5-13-34-20(57)27(64)41(71-13)79-35-14(6-50)73-43(29(66)22(35)59)81-37-16(8-52)75-45(31(68)24(37)61)83-39-18(10-54)77-47(33(70)26(39)63)84-40-19(11-55)76-46(32(69)25(40)62)82-38-17(9-53)74-44(30(67)23(38)60)80-36-15(7-51)72-42(78-34)28(65)21(36)58;/h13-48,50-55,57-70H,2-11H2,1H3,(H,49,56);1H/t13-,14-,15-,16-,17-,18-,19-,20-,21-,22-,23-,24-,25-,26-,27-,28-,29-,30-,31-,32-,33-,34-,35-,36-,37-,38-,39-,40-,41-,42-,43-,44-,45-,46-,47-;/m1./s1. The number of quaternary nitrogens is 1. The van der Waals surface area contributed by atoms with Gasteiger partial charge in [-0.2, -0.15) is 0 Å². The molecule has 21 heterocycles. The van der Waals surface area contributed by atoms with Gasteiger partial charge in [-0.05, 0) is 0 Å². The fraction of sp³-hybridized carbons (Fsp3) is 0.979. The molecule has 0 unspecified atom stereocenters. The Labute approximate surface area is 488 Å². The largest absolute Gasteiger partial charge is 1.00 e. The van der Waals surface area contributed by atoms with Crippen LogP contribution in [-0.2, 0) is 71.1 Å². The van der Waals surface area contributed by atoms with Gasteiger partial charge in [0.2, 0.25) is 0 Å². The first-order valence-corrected chi connectivity index (χ1v) is 27.4. The maximum atomic E-state index is 11.7. The van der Waals surface area contributed by atoms with Crippen LogP contribution < -0.4 is 23.0 Å². The molecule has 0 aliphatic carbocycles. The highest BCUT2D eigenvalue weighted by atomic mass is 35.5. The molecule has 21 aliphatic rings. The lowest BCUT2D eigenvalue weighted by Crippen LogP contribution is -3.00. The highest BCUT2D eigenvalue weighted by molar-refractivity contribution is 5.61. The van der Waals surface area contributed by atoms with Crippen LogP contribution in [0.25, 0.3) is 0 Å². The normalized spacial score (nSPS) is 51.1. The van der Waals surface area contributed by atoms with Crippen LogP contribution in [0.15, 0.2) is 0 Å². The van der Waals surface area contributed by atoms with E-state index in [1.807, 2.05) is 0 Å². The van der Waals surface area contributed by atoms with Crippen molar-refractivity contribution in [3.8, 4) is 0 Å². The first-order chi connectivity index (χ1) is 40.0. The number of carbonyl (C=O) groups is 1. The molecule has 14 bridgehead atoms. The molecule has 0 aromatic carbocycles. The lowest BCUT2D eigenvalue weighted by molar-refractivity contribution is -0.567. The van der Waals surface area contributed by atoms with E-state index in [9.17, 15) is 107 Å². The zero-order valence-corrected chi connectivity index (χ0v) is 46.1. The SMILES string of the molecule is CC(=O)[NH2+]CCCNC[C@H]1O[C@@H]2O[C@H]3[C@H](O)[C@@H](O)[C@@H](O[C@H]4[C@H](O)[C@@H](O)[C@@H](O[C@H]5[C@H](O)[C@@H](O)[C@@H](O[C@H]6[C@H](O)[C@@H](O)[C@@H](O[C@H]7[C@H](O)[C@@H](O)[C@@H](O[C@H]8[C@H](O)[C@@H](O)[C@@H](O[C@H]1[C@H](O)[C@H]2O)O[C@@H]8CO)O[C@@H]7CO)O[C@@H]6CO)O[C@@H]5CO)O[C@@H]4CO)O[C@@H]3CO.[Cl-]. The number of primary amides is 1. The molecule has 0 radical (unpaired) electrons. The molecule has 85 heavy (non-hydrogen) atoms. The van der Waals surface area contributed by atoms with Gasteiger partial charge in [0.25, 0.3) is 0 Å². The monoisotopic (exact) mass is 1270 g/mol. The second-order valence-corrected chi connectivity index (χ2v) is 21.6. The summed E-state index contributed by atoms with van der Waals surface area (Å²) in [5, 5.41) is 227. The number of nitrogens with one attached hydrogen (secondary N) is 1. The van der Waals surface area contributed by atoms with Gasteiger partial charge in [0.15, 0.2) is 44.0 Å². The summed E-state index contributed by atoms with van der Waals surface area (Å²) in [4.78, 5) is 11.5. The quantitative estimate of drug-likeness (QED) is 0.0807. The average molecular weight is 1270 g/mol. The lowest BCUT2D eigenvalue weighted by Gasteiger charge is -2.50. The minimum Gasteiger partial charge on any atom is -1.00 e. The third-order valence-corrected chi connectivity index (χ3v) is 15.9. The predicted octanol–water partition coefficient (Wildman–Crippen LogP) is -19.1. The van der Waals surface area contributed by atoms with Crippen molar-refractivity contribution in [3.05, 3.63) is 0 Å². The summed E-state index contributed by atoms with van der Waals surface area (Å²) in [7, 11) is 0. The summed E-state index contributed by atoms with van der Waals surface area (Å²) < 4.78 is 81.1. The summed E-state index contributed by atoms with van der Waals surface area (Å²) >= 11 is 0. The van der Waals surface area contributed by atoms with Crippen LogP contribution in [-0.4, -0.2) is 382 Å². The van der Waals surface area contributed by atoms with E-state index in [1.165, 1.54) is 12.2 Å². The number of hydrogen-bond donors (Lipinski definition) is 22. The van der Waals surface area contributed by atoms with Gasteiger partial charge in [0.1, 0.15) is 171 Å². The highest BCUT2D eigenvalue weighted by Gasteiger charge is 2.59. The van der Waals surface area contributed by atoms with Gasteiger partial charge < -0.3 is 186 Å². The van der Waals surface area contributed by atoms with Crippen molar-refractivity contribution in [2.24, 2.45) is 0 Å². The van der Waals surface area contributed by atoms with Gasteiger partial charge in [0, 0.05) is 19.5 Å². The maximum absolute atomic E-state index is 11.7. The number of ether oxygens (including phenoxy) is 14. The smallest absolute Gasteiger partial charge is 0.307 e. The number of aliphatic hydroxyl groups is 20. The molecule has 35 atom stereocenters. The minimum atomic E-state index is -2.21. The molecule has 0 aromatic heterocycles. The van der Waals surface area contributed by atoms with Gasteiger partial charge in [-0.3, -0.25) is 5.32 Å². The molecule has 1 amide bonds. The fourth-order valence-electron chi connectivity index (χ4n) is 11.2. The second kappa shape index (κ2) is 31.2. The first kappa shape index (κ1) is 71.0. The molecule has 21 fully saturated rings. The van der Waals surface area contributed by atoms with E-state index in [-0.39, 0.29) is 31.4 Å². The van der Waals surface area contributed by atoms with Crippen molar-refractivity contribution in [3.63, 3.8) is 0 Å². The number of carbonyl (C=O) groups excluding carboxylic acids is 1. The molecule has 23 N–H and O–H groups in total. The number of nitrogens with two attached hydrogens (primary N) is 1. The second-order valence-electron chi connectivity index (χ2n) is 21.6. The molecule has 0 saturated carbocycles. The van der Waals surface area contributed by atoms with Crippen LogP contribution >= 0.6 is 0 Å².